The molecule has 28 heavy (non-hydrogen) atoms. The summed E-state index contributed by atoms with van der Waals surface area (Å²) in [5.74, 6) is 0.984. The molecule has 2 aromatic heterocycles. The summed E-state index contributed by atoms with van der Waals surface area (Å²) in [6, 6.07) is 12.6. The van der Waals surface area contributed by atoms with E-state index in [1.807, 2.05) is 22.8 Å². The first-order chi connectivity index (χ1) is 13.6. The number of imidazole rings is 1. The Kier molecular flexibility index (Phi) is 5.48. The van der Waals surface area contributed by atoms with Crippen molar-refractivity contribution in [1.29, 1.82) is 0 Å². The molecular formula is C22H29N5O. The van der Waals surface area contributed by atoms with Crippen LogP contribution >= 0.6 is 0 Å². The first kappa shape index (κ1) is 18.7. The SMILES string of the molecule is CC(C)c1cnc2c(N[C@@H](C)c3ccccc3)cc(OC3CCNCC3)nn12. The molecule has 1 saturated heterocycles. The van der Waals surface area contributed by atoms with E-state index < -0.39 is 0 Å². The fraction of sp³-hybridized carbons (Fsp3) is 0.455. The summed E-state index contributed by atoms with van der Waals surface area (Å²) in [4.78, 5) is 4.65. The lowest BCUT2D eigenvalue weighted by molar-refractivity contribution is 0.154. The molecule has 0 unspecified atom stereocenters. The van der Waals surface area contributed by atoms with E-state index in [1.54, 1.807) is 0 Å². The Labute approximate surface area is 166 Å². The van der Waals surface area contributed by atoms with Gasteiger partial charge in [-0.2, -0.15) is 0 Å². The summed E-state index contributed by atoms with van der Waals surface area (Å²) in [5, 5.41) is 11.8. The third-order valence-electron chi connectivity index (χ3n) is 5.31. The monoisotopic (exact) mass is 379 g/mol. The maximum Gasteiger partial charge on any atom is 0.234 e. The smallest absolute Gasteiger partial charge is 0.234 e. The molecule has 6 nitrogen and oxygen atoms in total. The molecule has 0 aliphatic carbocycles. The molecule has 2 N–H and O–H groups in total. The van der Waals surface area contributed by atoms with Gasteiger partial charge in [0.15, 0.2) is 5.65 Å². The summed E-state index contributed by atoms with van der Waals surface area (Å²) < 4.78 is 8.19. The zero-order valence-electron chi connectivity index (χ0n) is 16.9. The van der Waals surface area contributed by atoms with Crippen LogP contribution in [0.25, 0.3) is 5.65 Å². The summed E-state index contributed by atoms with van der Waals surface area (Å²) in [7, 11) is 0. The molecule has 3 aromatic rings. The normalized spacial score (nSPS) is 16.4. The molecule has 1 aliphatic rings. The van der Waals surface area contributed by atoms with E-state index in [0.717, 1.165) is 43.0 Å². The van der Waals surface area contributed by atoms with E-state index >= 15 is 0 Å². The highest BCUT2D eigenvalue weighted by Crippen LogP contribution is 2.28. The van der Waals surface area contributed by atoms with Gasteiger partial charge in [-0.05, 0) is 44.3 Å². The molecule has 1 fully saturated rings. The molecule has 1 atom stereocenters. The van der Waals surface area contributed by atoms with Gasteiger partial charge < -0.3 is 15.4 Å². The van der Waals surface area contributed by atoms with Crippen LogP contribution in [0.5, 0.6) is 5.88 Å². The van der Waals surface area contributed by atoms with Crippen LogP contribution in [0.2, 0.25) is 0 Å². The number of rotatable bonds is 6. The molecule has 6 heteroatoms. The van der Waals surface area contributed by atoms with Crippen molar-refractivity contribution in [2.75, 3.05) is 18.4 Å². The van der Waals surface area contributed by atoms with Crippen molar-refractivity contribution < 1.29 is 4.74 Å². The Hall–Kier alpha value is -2.60. The van der Waals surface area contributed by atoms with Crippen LogP contribution in [0, 0.1) is 0 Å². The minimum absolute atomic E-state index is 0.151. The highest BCUT2D eigenvalue weighted by atomic mass is 16.5. The van der Waals surface area contributed by atoms with Crippen LogP contribution in [0.15, 0.2) is 42.6 Å². The van der Waals surface area contributed by atoms with Crippen molar-refractivity contribution in [2.24, 2.45) is 0 Å². The molecule has 148 valence electrons. The maximum absolute atomic E-state index is 6.26. The molecular weight excluding hydrogens is 350 g/mol. The van der Waals surface area contributed by atoms with Crippen LogP contribution in [0.3, 0.4) is 0 Å². The van der Waals surface area contributed by atoms with E-state index in [2.05, 4.69) is 60.7 Å². The van der Waals surface area contributed by atoms with Crippen molar-refractivity contribution in [2.45, 2.75) is 51.7 Å². The number of hydrogen-bond acceptors (Lipinski definition) is 5. The number of ether oxygens (including phenoxy) is 1. The second kappa shape index (κ2) is 8.19. The number of anilines is 1. The van der Waals surface area contributed by atoms with Crippen molar-refractivity contribution in [3.63, 3.8) is 0 Å². The van der Waals surface area contributed by atoms with Gasteiger partial charge in [0.2, 0.25) is 5.88 Å². The van der Waals surface area contributed by atoms with Gasteiger partial charge in [-0.15, -0.1) is 5.10 Å². The van der Waals surface area contributed by atoms with E-state index in [1.165, 1.54) is 5.56 Å². The van der Waals surface area contributed by atoms with E-state index in [9.17, 15) is 0 Å². The molecule has 3 heterocycles. The van der Waals surface area contributed by atoms with Crippen molar-refractivity contribution >= 4 is 11.3 Å². The van der Waals surface area contributed by atoms with Gasteiger partial charge in [0.1, 0.15) is 6.10 Å². The minimum Gasteiger partial charge on any atom is -0.473 e. The highest BCUT2D eigenvalue weighted by molar-refractivity contribution is 5.69. The second-order valence-corrected chi connectivity index (χ2v) is 7.81. The molecule has 0 amide bonds. The average molecular weight is 380 g/mol. The van der Waals surface area contributed by atoms with E-state index in [0.29, 0.717) is 11.8 Å². The summed E-state index contributed by atoms with van der Waals surface area (Å²) in [6.45, 7) is 8.46. The first-order valence-corrected chi connectivity index (χ1v) is 10.2. The van der Waals surface area contributed by atoms with Gasteiger partial charge in [-0.25, -0.2) is 9.50 Å². The Morgan fingerprint density at radius 3 is 2.61 bits per heavy atom. The van der Waals surface area contributed by atoms with Crippen LogP contribution in [-0.2, 0) is 0 Å². The van der Waals surface area contributed by atoms with Crippen LogP contribution in [0.4, 0.5) is 5.69 Å². The lowest BCUT2D eigenvalue weighted by atomic mass is 10.1. The maximum atomic E-state index is 6.26. The third-order valence-corrected chi connectivity index (χ3v) is 5.31. The fourth-order valence-electron chi connectivity index (χ4n) is 3.66. The zero-order valence-corrected chi connectivity index (χ0v) is 16.9. The topological polar surface area (TPSA) is 63.5 Å². The molecule has 0 spiro atoms. The highest BCUT2D eigenvalue weighted by Gasteiger charge is 2.19. The number of nitrogens with one attached hydrogen (secondary N) is 2. The standard InChI is InChI=1S/C22H29N5O/c1-15(2)20-14-24-22-19(25-16(3)17-7-5-4-6-8-17)13-21(26-27(20)22)28-18-9-11-23-12-10-18/h4-8,13-16,18,23,25H,9-12H2,1-3H3/t16-/m0/s1. The molecule has 4 rings (SSSR count). The Morgan fingerprint density at radius 1 is 1.14 bits per heavy atom. The van der Waals surface area contributed by atoms with Gasteiger partial charge in [0.05, 0.1) is 17.6 Å². The molecule has 0 radical (unpaired) electrons. The number of benzene rings is 1. The van der Waals surface area contributed by atoms with Crippen LogP contribution in [-0.4, -0.2) is 33.8 Å². The zero-order chi connectivity index (χ0) is 19.5. The summed E-state index contributed by atoms with van der Waals surface area (Å²) >= 11 is 0. The Morgan fingerprint density at radius 2 is 1.89 bits per heavy atom. The predicted octanol–water partition coefficient (Wildman–Crippen LogP) is 4.16. The largest absolute Gasteiger partial charge is 0.473 e. The van der Waals surface area contributed by atoms with E-state index in [4.69, 9.17) is 9.84 Å². The van der Waals surface area contributed by atoms with Gasteiger partial charge in [0, 0.05) is 12.1 Å². The number of hydrogen-bond donors (Lipinski definition) is 2. The average Bonchev–Trinajstić information content (AvgIpc) is 3.14. The molecule has 1 aliphatic heterocycles. The number of piperidine rings is 1. The first-order valence-electron chi connectivity index (χ1n) is 10.2. The summed E-state index contributed by atoms with van der Waals surface area (Å²) in [5.41, 5.74) is 4.10. The molecule has 0 saturated carbocycles. The number of nitrogens with zero attached hydrogens (tertiary/aromatic N) is 3. The minimum atomic E-state index is 0.151. The van der Waals surface area contributed by atoms with Crippen molar-refractivity contribution in [3.8, 4) is 5.88 Å². The lowest BCUT2D eigenvalue weighted by Gasteiger charge is -2.24. The summed E-state index contributed by atoms with van der Waals surface area (Å²) in [6.07, 6.45) is 4.13. The lowest BCUT2D eigenvalue weighted by Crippen LogP contribution is -2.34. The quantitative estimate of drug-likeness (QED) is 0.673. The van der Waals surface area contributed by atoms with Gasteiger partial charge in [0.25, 0.3) is 0 Å². The van der Waals surface area contributed by atoms with Crippen LogP contribution in [0.1, 0.15) is 56.8 Å². The molecule has 1 aromatic carbocycles. The fourth-order valence-corrected chi connectivity index (χ4v) is 3.66. The van der Waals surface area contributed by atoms with Crippen molar-refractivity contribution in [1.82, 2.24) is 19.9 Å². The number of aromatic nitrogens is 3. The Balaban J connectivity index is 1.68. The second-order valence-electron chi connectivity index (χ2n) is 7.81. The Bertz CT molecular complexity index is 915. The van der Waals surface area contributed by atoms with Gasteiger partial charge in [-0.3, -0.25) is 0 Å². The number of fused-ring (bicyclic) bond motifs is 1. The van der Waals surface area contributed by atoms with E-state index in [-0.39, 0.29) is 12.1 Å². The predicted molar refractivity (Wildman–Crippen MR) is 112 cm³/mol. The van der Waals surface area contributed by atoms with Crippen molar-refractivity contribution in [3.05, 3.63) is 53.9 Å². The van der Waals surface area contributed by atoms with Gasteiger partial charge >= 0.3 is 0 Å². The van der Waals surface area contributed by atoms with Gasteiger partial charge in [-0.1, -0.05) is 44.2 Å². The van der Waals surface area contributed by atoms with Crippen LogP contribution < -0.4 is 15.4 Å². The molecule has 0 bridgehead atoms. The third kappa shape index (κ3) is 3.97.